The second kappa shape index (κ2) is 7.27. The van der Waals surface area contributed by atoms with Crippen LogP contribution in [0, 0.1) is 0 Å². The smallest absolute Gasteiger partial charge is 0.163 e. The summed E-state index contributed by atoms with van der Waals surface area (Å²) in [5.41, 5.74) is 6.49. The number of Topliss-reactive ketones (excluding diaryl/α,β-unsaturated/α-hetero) is 1. The molecular formula is C23H22O. The van der Waals surface area contributed by atoms with Crippen LogP contribution in [0.3, 0.4) is 0 Å². The number of carbonyl (C=O) groups is 1. The molecule has 0 spiro atoms. The Morgan fingerprint density at radius 1 is 0.750 bits per heavy atom. The van der Waals surface area contributed by atoms with Gasteiger partial charge in [-0.15, -0.1) is 0 Å². The molecule has 1 heteroatoms. The van der Waals surface area contributed by atoms with E-state index in [2.05, 4.69) is 43.3 Å². The molecule has 0 saturated heterocycles. The largest absolute Gasteiger partial charge is 0.294 e. The zero-order valence-electron chi connectivity index (χ0n) is 14.3. The average Bonchev–Trinajstić information content (AvgIpc) is 2.67. The first-order valence-corrected chi connectivity index (χ1v) is 8.55. The Bertz CT molecular complexity index is 833. The van der Waals surface area contributed by atoms with E-state index in [-0.39, 0.29) is 5.78 Å². The lowest BCUT2D eigenvalue weighted by Crippen LogP contribution is -2.05. The van der Waals surface area contributed by atoms with E-state index in [9.17, 15) is 4.79 Å². The van der Waals surface area contributed by atoms with Gasteiger partial charge in [0.2, 0.25) is 0 Å². The molecule has 0 N–H and O–H groups in total. The molecule has 0 radical (unpaired) electrons. The summed E-state index contributed by atoms with van der Waals surface area (Å²) in [4.78, 5) is 12.6. The molecule has 0 aliphatic heterocycles. The Morgan fingerprint density at radius 2 is 1.33 bits per heavy atom. The van der Waals surface area contributed by atoms with Gasteiger partial charge in [-0.1, -0.05) is 80.6 Å². The summed E-state index contributed by atoms with van der Waals surface area (Å²) in [7, 11) is 0. The zero-order valence-corrected chi connectivity index (χ0v) is 14.3. The molecule has 0 aliphatic carbocycles. The quantitative estimate of drug-likeness (QED) is 0.514. The lowest BCUT2D eigenvalue weighted by atomic mass is 9.87. The maximum absolute atomic E-state index is 12.6. The van der Waals surface area contributed by atoms with Crippen LogP contribution in [0.1, 0.15) is 36.2 Å². The molecule has 24 heavy (non-hydrogen) atoms. The van der Waals surface area contributed by atoms with Crippen LogP contribution in [0.5, 0.6) is 0 Å². The highest BCUT2D eigenvalue weighted by atomic mass is 16.1. The molecule has 0 aromatic heterocycles. The molecule has 0 atom stereocenters. The summed E-state index contributed by atoms with van der Waals surface area (Å²) in [6, 6.07) is 24.9. The van der Waals surface area contributed by atoms with Crippen molar-refractivity contribution in [1.29, 1.82) is 0 Å². The predicted octanol–water partition coefficient (Wildman–Crippen LogP) is 6.18. The second-order valence-corrected chi connectivity index (χ2v) is 5.92. The van der Waals surface area contributed by atoms with Gasteiger partial charge in [-0.2, -0.15) is 0 Å². The number of benzene rings is 3. The zero-order chi connectivity index (χ0) is 16.9. The van der Waals surface area contributed by atoms with Crippen molar-refractivity contribution in [2.75, 3.05) is 0 Å². The van der Waals surface area contributed by atoms with Crippen molar-refractivity contribution < 1.29 is 4.79 Å². The van der Waals surface area contributed by atoms with E-state index >= 15 is 0 Å². The molecular weight excluding hydrogens is 292 g/mol. The van der Waals surface area contributed by atoms with Crippen molar-refractivity contribution in [3.05, 3.63) is 83.9 Å². The fourth-order valence-electron chi connectivity index (χ4n) is 3.13. The normalized spacial score (nSPS) is 10.6. The molecule has 3 aromatic rings. The summed E-state index contributed by atoms with van der Waals surface area (Å²) < 4.78 is 0. The molecule has 0 unspecified atom stereocenters. The Kier molecular flexibility index (Phi) is 4.90. The van der Waals surface area contributed by atoms with Crippen LogP contribution in [-0.4, -0.2) is 5.78 Å². The van der Waals surface area contributed by atoms with Gasteiger partial charge in [-0.3, -0.25) is 4.79 Å². The minimum Gasteiger partial charge on any atom is -0.294 e. The summed E-state index contributed by atoms with van der Waals surface area (Å²) in [6.45, 7) is 4.05. The Morgan fingerprint density at radius 3 is 1.88 bits per heavy atom. The molecule has 120 valence electrons. The highest BCUT2D eigenvalue weighted by Gasteiger charge is 2.17. The lowest BCUT2D eigenvalue weighted by molar-refractivity contribution is 0.0988. The average molecular weight is 314 g/mol. The van der Waals surface area contributed by atoms with Crippen molar-refractivity contribution in [2.24, 2.45) is 0 Å². The van der Waals surface area contributed by atoms with Crippen molar-refractivity contribution >= 4 is 5.78 Å². The standard InChI is InChI=1S/C23H22O/c1-3-17-15-20(18-11-7-5-8-12-18)16-21(23(17)22(24)4-2)19-13-9-6-10-14-19/h5-16H,3-4H2,1-2H3. The van der Waals surface area contributed by atoms with Gasteiger partial charge in [0.15, 0.2) is 5.78 Å². The van der Waals surface area contributed by atoms with Crippen LogP contribution < -0.4 is 0 Å². The van der Waals surface area contributed by atoms with Crippen LogP contribution in [0.2, 0.25) is 0 Å². The van der Waals surface area contributed by atoms with E-state index in [0.717, 1.165) is 28.7 Å². The van der Waals surface area contributed by atoms with Crippen molar-refractivity contribution in [3.8, 4) is 22.3 Å². The van der Waals surface area contributed by atoms with Crippen LogP contribution in [0.4, 0.5) is 0 Å². The van der Waals surface area contributed by atoms with Gasteiger partial charge in [-0.05, 0) is 40.3 Å². The minimum absolute atomic E-state index is 0.213. The third-order valence-corrected chi connectivity index (χ3v) is 4.39. The molecule has 0 bridgehead atoms. The van der Waals surface area contributed by atoms with Crippen molar-refractivity contribution in [3.63, 3.8) is 0 Å². The van der Waals surface area contributed by atoms with E-state index in [1.165, 1.54) is 11.1 Å². The summed E-state index contributed by atoms with van der Waals surface area (Å²) in [5, 5.41) is 0. The Labute approximate surface area is 144 Å². The van der Waals surface area contributed by atoms with Crippen molar-refractivity contribution in [1.82, 2.24) is 0 Å². The third kappa shape index (κ3) is 3.16. The van der Waals surface area contributed by atoms with Gasteiger partial charge >= 0.3 is 0 Å². The van der Waals surface area contributed by atoms with Gasteiger partial charge in [0.1, 0.15) is 0 Å². The van der Waals surface area contributed by atoms with Gasteiger partial charge in [0.25, 0.3) is 0 Å². The van der Waals surface area contributed by atoms with Crippen LogP contribution >= 0.6 is 0 Å². The lowest BCUT2D eigenvalue weighted by Gasteiger charge is -2.16. The predicted molar refractivity (Wildman–Crippen MR) is 101 cm³/mol. The maximum Gasteiger partial charge on any atom is 0.163 e. The molecule has 0 fully saturated rings. The molecule has 3 aromatic carbocycles. The molecule has 0 aliphatic rings. The summed E-state index contributed by atoms with van der Waals surface area (Å²) in [6.07, 6.45) is 1.37. The fraction of sp³-hybridized carbons (Fsp3) is 0.174. The molecule has 0 saturated carbocycles. The molecule has 1 nitrogen and oxygen atoms in total. The van der Waals surface area contributed by atoms with Crippen molar-refractivity contribution in [2.45, 2.75) is 26.7 Å². The highest BCUT2D eigenvalue weighted by Crippen LogP contribution is 2.33. The molecule has 0 amide bonds. The minimum atomic E-state index is 0.213. The summed E-state index contributed by atoms with van der Waals surface area (Å²) >= 11 is 0. The topological polar surface area (TPSA) is 17.1 Å². The first-order chi connectivity index (χ1) is 11.7. The second-order valence-electron chi connectivity index (χ2n) is 5.92. The van der Waals surface area contributed by atoms with Crippen LogP contribution in [-0.2, 0) is 6.42 Å². The van der Waals surface area contributed by atoms with E-state index in [0.29, 0.717) is 6.42 Å². The van der Waals surface area contributed by atoms with Crippen LogP contribution in [0.25, 0.3) is 22.3 Å². The van der Waals surface area contributed by atoms with E-state index in [1.807, 2.05) is 43.3 Å². The van der Waals surface area contributed by atoms with Gasteiger partial charge in [0, 0.05) is 12.0 Å². The SMILES string of the molecule is CCC(=O)c1c(CC)cc(-c2ccccc2)cc1-c1ccccc1. The first kappa shape index (κ1) is 16.2. The Balaban J connectivity index is 2.28. The van der Waals surface area contributed by atoms with Gasteiger partial charge in [-0.25, -0.2) is 0 Å². The number of ketones is 1. The van der Waals surface area contributed by atoms with E-state index < -0.39 is 0 Å². The fourth-order valence-corrected chi connectivity index (χ4v) is 3.13. The van der Waals surface area contributed by atoms with E-state index in [1.54, 1.807) is 0 Å². The van der Waals surface area contributed by atoms with Gasteiger partial charge < -0.3 is 0 Å². The van der Waals surface area contributed by atoms with Crippen LogP contribution in [0.15, 0.2) is 72.8 Å². The Hall–Kier alpha value is -2.67. The number of hydrogen-bond acceptors (Lipinski definition) is 1. The molecule has 3 rings (SSSR count). The van der Waals surface area contributed by atoms with Gasteiger partial charge in [0.05, 0.1) is 0 Å². The molecule has 0 heterocycles. The number of carbonyl (C=O) groups excluding carboxylic acids is 1. The highest BCUT2D eigenvalue weighted by molar-refractivity contribution is 6.04. The number of hydrogen-bond donors (Lipinski definition) is 0. The number of aryl methyl sites for hydroxylation is 1. The monoisotopic (exact) mass is 314 g/mol. The number of rotatable bonds is 5. The summed E-state index contributed by atoms with van der Waals surface area (Å²) in [5.74, 6) is 0.213. The van der Waals surface area contributed by atoms with E-state index in [4.69, 9.17) is 0 Å². The maximum atomic E-state index is 12.6. The first-order valence-electron chi connectivity index (χ1n) is 8.55. The third-order valence-electron chi connectivity index (χ3n) is 4.39.